The van der Waals surface area contributed by atoms with Gasteiger partial charge in [0.15, 0.2) is 0 Å². The standard InChI is InChI=1S/C13H24N2O/c1-2-9(14)7-8-15-13(16)12-10-5-3-4-6-11(10)12/h9-12H,2-8,14H2,1H3,(H,15,16). The van der Waals surface area contributed by atoms with Gasteiger partial charge in [-0.15, -0.1) is 0 Å². The van der Waals surface area contributed by atoms with E-state index in [0.29, 0.717) is 23.7 Å². The van der Waals surface area contributed by atoms with Crippen LogP contribution in [0.15, 0.2) is 0 Å². The van der Waals surface area contributed by atoms with Crippen LogP contribution in [0.2, 0.25) is 0 Å². The number of rotatable bonds is 5. The van der Waals surface area contributed by atoms with Gasteiger partial charge in [-0.3, -0.25) is 4.79 Å². The lowest BCUT2D eigenvalue weighted by atomic mass is 10.0. The predicted molar refractivity (Wildman–Crippen MR) is 64.8 cm³/mol. The summed E-state index contributed by atoms with van der Waals surface area (Å²) < 4.78 is 0. The van der Waals surface area contributed by atoms with Crippen molar-refractivity contribution in [3.8, 4) is 0 Å². The molecule has 0 saturated heterocycles. The third-order valence-corrected chi connectivity index (χ3v) is 4.30. The van der Waals surface area contributed by atoms with Gasteiger partial charge in [-0.05, 0) is 37.5 Å². The second-order valence-corrected chi connectivity index (χ2v) is 5.39. The minimum Gasteiger partial charge on any atom is -0.356 e. The van der Waals surface area contributed by atoms with Gasteiger partial charge in [0.1, 0.15) is 0 Å². The zero-order valence-corrected chi connectivity index (χ0v) is 10.2. The Morgan fingerprint density at radius 1 is 1.38 bits per heavy atom. The molecular formula is C13H24N2O. The molecule has 0 aromatic heterocycles. The Hall–Kier alpha value is -0.570. The van der Waals surface area contributed by atoms with E-state index in [4.69, 9.17) is 5.73 Å². The van der Waals surface area contributed by atoms with Crippen LogP contribution in [0.25, 0.3) is 0 Å². The fraction of sp³-hybridized carbons (Fsp3) is 0.923. The predicted octanol–water partition coefficient (Wildman–Crippen LogP) is 1.67. The van der Waals surface area contributed by atoms with E-state index in [2.05, 4.69) is 12.2 Å². The highest BCUT2D eigenvalue weighted by molar-refractivity contribution is 5.82. The van der Waals surface area contributed by atoms with E-state index in [-0.39, 0.29) is 6.04 Å². The van der Waals surface area contributed by atoms with E-state index in [1.165, 1.54) is 25.7 Å². The Balaban J connectivity index is 1.65. The first-order valence-corrected chi connectivity index (χ1v) is 6.77. The minimum atomic E-state index is 0.238. The van der Waals surface area contributed by atoms with Crippen LogP contribution in [0.1, 0.15) is 45.4 Å². The lowest BCUT2D eigenvalue weighted by Crippen LogP contribution is -2.31. The molecule has 2 aliphatic rings. The van der Waals surface area contributed by atoms with E-state index in [0.717, 1.165) is 19.4 Å². The number of hydrogen-bond donors (Lipinski definition) is 2. The molecule has 2 rings (SSSR count). The van der Waals surface area contributed by atoms with Crippen molar-refractivity contribution in [1.29, 1.82) is 0 Å². The summed E-state index contributed by atoms with van der Waals surface area (Å²) in [6.45, 7) is 2.84. The van der Waals surface area contributed by atoms with Crippen molar-refractivity contribution in [3.05, 3.63) is 0 Å². The Kier molecular flexibility index (Phi) is 3.85. The smallest absolute Gasteiger partial charge is 0.223 e. The normalized spacial score (nSPS) is 34.0. The monoisotopic (exact) mass is 224 g/mol. The van der Waals surface area contributed by atoms with Gasteiger partial charge >= 0.3 is 0 Å². The van der Waals surface area contributed by atoms with Gasteiger partial charge in [-0.25, -0.2) is 0 Å². The third kappa shape index (κ3) is 2.57. The zero-order chi connectivity index (χ0) is 11.5. The number of fused-ring (bicyclic) bond motifs is 1. The molecule has 0 spiro atoms. The molecule has 0 aromatic carbocycles. The summed E-state index contributed by atoms with van der Waals surface area (Å²) in [6.07, 6.45) is 7.10. The lowest BCUT2D eigenvalue weighted by molar-refractivity contribution is -0.122. The number of carbonyl (C=O) groups is 1. The van der Waals surface area contributed by atoms with Crippen molar-refractivity contribution in [1.82, 2.24) is 5.32 Å². The zero-order valence-electron chi connectivity index (χ0n) is 10.2. The van der Waals surface area contributed by atoms with Gasteiger partial charge in [-0.1, -0.05) is 19.8 Å². The molecule has 2 saturated carbocycles. The largest absolute Gasteiger partial charge is 0.356 e. The van der Waals surface area contributed by atoms with Crippen LogP contribution in [-0.2, 0) is 4.79 Å². The summed E-state index contributed by atoms with van der Waals surface area (Å²) >= 11 is 0. The van der Waals surface area contributed by atoms with Gasteiger partial charge in [0, 0.05) is 18.5 Å². The molecule has 0 aromatic rings. The molecule has 3 atom stereocenters. The fourth-order valence-corrected chi connectivity index (χ4v) is 3.08. The molecule has 0 radical (unpaired) electrons. The SMILES string of the molecule is CCC(N)CCNC(=O)C1C2CCCCC21. The van der Waals surface area contributed by atoms with Gasteiger partial charge in [0.05, 0.1) is 0 Å². The Labute approximate surface area is 98.2 Å². The van der Waals surface area contributed by atoms with Crippen LogP contribution in [0.4, 0.5) is 0 Å². The first kappa shape index (κ1) is 11.9. The first-order chi connectivity index (χ1) is 7.74. The summed E-state index contributed by atoms with van der Waals surface area (Å²) in [6, 6.07) is 0.238. The van der Waals surface area contributed by atoms with Gasteiger partial charge in [0.25, 0.3) is 0 Å². The number of nitrogens with one attached hydrogen (secondary N) is 1. The highest BCUT2D eigenvalue weighted by Crippen LogP contribution is 2.55. The Morgan fingerprint density at radius 2 is 2.00 bits per heavy atom. The second kappa shape index (κ2) is 5.17. The molecule has 92 valence electrons. The maximum Gasteiger partial charge on any atom is 0.223 e. The number of amides is 1. The van der Waals surface area contributed by atoms with Gasteiger partial charge in [-0.2, -0.15) is 0 Å². The maximum atomic E-state index is 11.9. The molecule has 0 aliphatic heterocycles. The molecule has 0 heterocycles. The van der Waals surface area contributed by atoms with E-state index in [1.54, 1.807) is 0 Å². The molecule has 3 N–H and O–H groups in total. The summed E-state index contributed by atoms with van der Waals surface area (Å²) in [5, 5.41) is 3.05. The summed E-state index contributed by atoms with van der Waals surface area (Å²) in [4.78, 5) is 11.9. The van der Waals surface area contributed by atoms with E-state index < -0.39 is 0 Å². The number of carbonyl (C=O) groups excluding carboxylic acids is 1. The van der Waals surface area contributed by atoms with Crippen LogP contribution in [0.3, 0.4) is 0 Å². The van der Waals surface area contributed by atoms with Crippen molar-refractivity contribution in [2.45, 2.75) is 51.5 Å². The van der Waals surface area contributed by atoms with Crippen molar-refractivity contribution in [2.75, 3.05) is 6.54 Å². The minimum absolute atomic E-state index is 0.238. The molecule has 3 nitrogen and oxygen atoms in total. The van der Waals surface area contributed by atoms with Crippen LogP contribution in [0, 0.1) is 17.8 Å². The van der Waals surface area contributed by atoms with Crippen LogP contribution in [0.5, 0.6) is 0 Å². The Bertz CT molecular complexity index is 242. The average molecular weight is 224 g/mol. The molecule has 3 heteroatoms. The molecule has 3 unspecified atom stereocenters. The molecule has 2 aliphatic carbocycles. The van der Waals surface area contributed by atoms with Crippen LogP contribution < -0.4 is 11.1 Å². The van der Waals surface area contributed by atoms with Gasteiger partial charge in [0.2, 0.25) is 5.91 Å². The highest BCUT2D eigenvalue weighted by Gasteiger charge is 2.54. The second-order valence-electron chi connectivity index (χ2n) is 5.39. The van der Waals surface area contributed by atoms with Crippen LogP contribution in [-0.4, -0.2) is 18.5 Å². The van der Waals surface area contributed by atoms with Gasteiger partial charge < -0.3 is 11.1 Å². The topological polar surface area (TPSA) is 55.1 Å². The highest BCUT2D eigenvalue weighted by atomic mass is 16.2. The van der Waals surface area contributed by atoms with Crippen molar-refractivity contribution in [3.63, 3.8) is 0 Å². The fourth-order valence-electron chi connectivity index (χ4n) is 3.08. The molecule has 0 bridgehead atoms. The first-order valence-electron chi connectivity index (χ1n) is 6.77. The number of hydrogen-bond acceptors (Lipinski definition) is 2. The molecule has 2 fully saturated rings. The molecule has 1 amide bonds. The lowest BCUT2D eigenvalue weighted by Gasteiger charge is -2.09. The van der Waals surface area contributed by atoms with E-state index in [9.17, 15) is 4.79 Å². The van der Waals surface area contributed by atoms with E-state index in [1.807, 2.05) is 0 Å². The molecule has 16 heavy (non-hydrogen) atoms. The number of nitrogens with two attached hydrogens (primary N) is 1. The van der Waals surface area contributed by atoms with Crippen LogP contribution >= 0.6 is 0 Å². The summed E-state index contributed by atoms with van der Waals surface area (Å²) in [5.74, 6) is 2.07. The average Bonchev–Trinajstić information content (AvgIpc) is 3.02. The molecular weight excluding hydrogens is 200 g/mol. The van der Waals surface area contributed by atoms with Crippen molar-refractivity contribution < 1.29 is 4.79 Å². The summed E-state index contributed by atoms with van der Waals surface area (Å²) in [5.41, 5.74) is 5.82. The van der Waals surface area contributed by atoms with Crippen molar-refractivity contribution >= 4 is 5.91 Å². The Morgan fingerprint density at radius 3 is 2.56 bits per heavy atom. The van der Waals surface area contributed by atoms with Crippen molar-refractivity contribution in [2.24, 2.45) is 23.5 Å². The summed E-state index contributed by atoms with van der Waals surface area (Å²) in [7, 11) is 0. The maximum absolute atomic E-state index is 11.9. The third-order valence-electron chi connectivity index (χ3n) is 4.30. The quantitative estimate of drug-likeness (QED) is 0.746. The van der Waals surface area contributed by atoms with E-state index >= 15 is 0 Å².